The highest BCUT2D eigenvalue weighted by molar-refractivity contribution is 5.85. The SMILES string of the molecule is Cc1cc(CNC(=O)[C@@H]2CCCN2C2CCNCC2)ccn1.Cl.Cl. The summed E-state index contributed by atoms with van der Waals surface area (Å²) in [5, 5.41) is 6.51. The Morgan fingerprint density at radius 2 is 2.08 bits per heavy atom. The Bertz CT molecular complexity index is 523. The fourth-order valence-electron chi connectivity index (χ4n) is 3.67. The molecule has 3 rings (SSSR count). The second-order valence-corrected chi connectivity index (χ2v) is 6.40. The van der Waals surface area contributed by atoms with Gasteiger partial charge in [0.05, 0.1) is 6.04 Å². The van der Waals surface area contributed by atoms with E-state index in [9.17, 15) is 4.79 Å². The van der Waals surface area contributed by atoms with Crippen molar-refractivity contribution >= 4 is 30.7 Å². The monoisotopic (exact) mass is 374 g/mol. The Hall–Kier alpha value is -0.880. The maximum atomic E-state index is 12.6. The fraction of sp³-hybridized carbons (Fsp3) is 0.647. The molecule has 2 aliphatic heterocycles. The molecule has 5 nitrogen and oxygen atoms in total. The molecule has 0 saturated carbocycles. The van der Waals surface area contributed by atoms with E-state index in [1.165, 1.54) is 0 Å². The molecule has 0 aromatic carbocycles. The highest BCUT2D eigenvalue weighted by Gasteiger charge is 2.35. The number of piperidine rings is 1. The molecule has 136 valence electrons. The van der Waals surface area contributed by atoms with Gasteiger partial charge in [-0.05, 0) is 69.9 Å². The van der Waals surface area contributed by atoms with Crippen LogP contribution in [0.5, 0.6) is 0 Å². The lowest BCUT2D eigenvalue weighted by Crippen LogP contribution is -2.50. The Labute approximate surface area is 156 Å². The number of pyridine rings is 1. The van der Waals surface area contributed by atoms with Crippen LogP contribution >= 0.6 is 24.8 Å². The van der Waals surface area contributed by atoms with Gasteiger partial charge in [-0.15, -0.1) is 24.8 Å². The van der Waals surface area contributed by atoms with Crippen LogP contribution in [0.4, 0.5) is 0 Å². The third-order valence-corrected chi connectivity index (χ3v) is 4.80. The fourth-order valence-corrected chi connectivity index (χ4v) is 3.67. The largest absolute Gasteiger partial charge is 0.351 e. The molecule has 2 fully saturated rings. The van der Waals surface area contributed by atoms with Crippen molar-refractivity contribution in [3.63, 3.8) is 0 Å². The zero-order chi connectivity index (χ0) is 15.4. The van der Waals surface area contributed by atoms with Gasteiger partial charge < -0.3 is 10.6 Å². The van der Waals surface area contributed by atoms with Crippen molar-refractivity contribution < 1.29 is 4.79 Å². The Morgan fingerprint density at radius 1 is 1.33 bits per heavy atom. The molecule has 0 spiro atoms. The number of carbonyl (C=O) groups is 1. The van der Waals surface area contributed by atoms with Crippen molar-refractivity contribution in [1.29, 1.82) is 0 Å². The summed E-state index contributed by atoms with van der Waals surface area (Å²) in [6.45, 7) is 5.79. The third kappa shape index (κ3) is 5.31. The van der Waals surface area contributed by atoms with Gasteiger partial charge in [-0.25, -0.2) is 0 Å². The van der Waals surface area contributed by atoms with E-state index in [-0.39, 0.29) is 36.8 Å². The van der Waals surface area contributed by atoms with Crippen LogP contribution in [0.3, 0.4) is 0 Å². The Kier molecular flexibility index (Phi) is 8.98. The third-order valence-electron chi connectivity index (χ3n) is 4.80. The topological polar surface area (TPSA) is 57.3 Å². The maximum absolute atomic E-state index is 12.6. The van der Waals surface area contributed by atoms with E-state index in [1.807, 2.05) is 19.1 Å². The summed E-state index contributed by atoms with van der Waals surface area (Å²) in [5.41, 5.74) is 2.11. The van der Waals surface area contributed by atoms with E-state index in [4.69, 9.17) is 0 Å². The number of nitrogens with one attached hydrogen (secondary N) is 2. The molecule has 2 N–H and O–H groups in total. The summed E-state index contributed by atoms with van der Waals surface area (Å²) >= 11 is 0. The first-order valence-electron chi connectivity index (χ1n) is 8.40. The predicted molar refractivity (Wildman–Crippen MR) is 101 cm³/mol. The average molecular weight is 375 g/mol. The van der Waals surface area contributed by atoms with Crippen molar-refractivity contribution in [1.82, 2.24) is 20.5 Å². The summed E-state index contributed by atoms with van der Waals surface area (Å²) in [7, 11) is 0. The minimum absolute atomic E-state index is 0. The van der Waals surface area contributed by atoms with Gasteiger partial charge >= 0.3 is 0 Å². The molecule has 24 heavy (non-hydrogen) atoms. The number of hydrogen-bond donors (Lipinski definition) is 2. The van der Waals surface area contributed by atoms with Gasteiger partial charge in [-0.1, -0.05) is 0 Å². The number of aryl methyl sites for hydroxylation is 1. The zero-order valence-corrected chi connectivity index (χ0v) is 15.8. The first kappa shape index (κ1) is 21.2. The summed E-state index contributed by atoms with van der Waals surface area (Å²) in [5.74, 6) is 0.186. The highest BCUT2D eigenvalue weighted by Crippen LogP contribution is 2.24. The van der Waals surface area contributed by atoms with Gasteiger partial charge in [0.2, 0.25) is 5.91 Å². The molecule has 0 bridgehead atoms. The number of aromatic nitrogens is 1. The first-order valence-corrected chi connectivity index (χ1v) is 8.40. The minimum atomic E-state index is 0. The van der Waals surface area contributed by atoms with Gasteiger partial charge in [0, 0.05) is 24.5 Å². The summed E-state index contributed by atoms with van der Waals surface area (Å²) in [6, 6.07) is 4.63. The number of likely N-dealkylation sites (tertiary alicyclic amines) is 1. The Balaban J connectivity index is 0.00000144. The van der Waals surface area contributed by atoms with Crippen LogP contribution in [-0.4, -0.2) is 47.5 Å². The quantitative estimate of drug-likeness (QED) is 0.846. The molecule has 1 atom stereocenters. The number of hydrogen-bond acceptors (Lipinski definition) is 4. The van der Waals surface area contributed by atoms with Crippen LogP contribution in [0.2, 0.25) is 0 Å². The van der Waals surface area contributed by atoms with Crippen LogP contribution < -0.4 is 10.6 Å². The molecule has 0 aliphatic carbocycles. The number of halogens is 2. The molecule has 7 heteroatoms. The van der Waals surface area contributed by atoms with Crippen molar-refractivity contribution in [2.24, 2.45) is 0 Å². The van der Waals surface area contributed by atoms with Crippen LogP contribution in [0.15, 0.2) is 18.3 Å². The van der Waals surface area contributed by atoms with Crippen LogP contribution in [0.1, 0.15) is 36.9 Å². The summed E-state index contributed by atoms with van der Waals surface area (Å²) < 4.78 is 0. The molecule has 1 aromatic rings. The van der Waals surface area contributed by atoms with E-state index in [2.05, 4.69) is 20.5 Å². The van der Waals surface area contributed by atoms with Gasteiger partial charge in [-0.3, -0.25) is 14.7 Å². The van der Waals surface area contributed by atoms with Crippen molar-refractivity contribution in [2.45, 2.75) is 51.2 Å². The lowest BCUT2D eigenvalue weighted by molar-refractivity contribution is -0.126. The number of carbonyl (C=O) groups excluding carboxylic acids is 1. The van der Waals surface area contributed by atoms with Gasteiger partial charge in [-0.2, -0.15) is 0 Å². The molecule has 1 amide bonds. The standard InChI is InChI=1S/C17H26N4O.2ClH/c1-13-11-14(4-9-19-13)12-20-17(22)16-3-2-10-21(16)15-5-7-18-8-6-15;;/h4,9,11,15-16,18H,2-3,5-8,10,12H2,1H3,(H,20,22);2*1H/t16-;;/m0../s1. The molecule has 0 unspecified atom stereocenters. The Morgan fingerprint density at radius 3 is 2.79 bits per heavy atom. The average Bonchev–Trinajstić information content (AvgIpc) is 3.03. The number of amides is 1. The molecule has 2 aliphatic rings. The van der Waals surface area contributed by atoms with E-state index in [1.54, 1.807) is 6.20 Å². The molecule has 3 heterocycles. The van der Waals surface area contributed by atoms with E-state index in [0.29, 0.717) is 12.6 Å². The van der Waals surface area contributed by atoms with Crippen molar-refractivity contribution in [2.75, 3.05) is 19.6 Å². The number of nitrogens with zero attached hydrogens (tertiary/aromatic N) is 2. The summed E-state index contributed by atoms with van der Waals surface area (Å²) in [4.78, 5) is 19.2. The van der Waals surface area contributed by atoms with Gasteiger partial charge in [0.1, 0.15) is 0 Å². The van der Waals surface area contributed by atoms with Crippen LogP contribution in [-0.2, 0) is 11.3 Å². The van der Waals surface area contributed by atoms with Crippen LogP contribution in [0.25, 0.3) is 0 Å². The zero-order valence-electron chi connectivity index (χ0n) is 14.2. The van der Waals surface area contributed by atoms with Gasteiger partial charge in [0.15, 0.2) is 0 Å². The molecule has 1 aromatic heterocycles. The van der Waals surface area contributed by atoms with Crippen molar-refractivity contribution in [3.05, 3.63) is 29.6 Å². The predicted octanol–water partition coefficient (Wildman–Crippen LogP) is 2.07. The summed E-state index contributed by atoms with van der Waals surface area (Å²) in [6.07, 6.45) is 6.25. The highest BCUT2D eigenvalue weighted by atomic mass is 35.5. The van der Waals surface area contributed by atoms with E-state index in [0.717, 1.165) is 56.6 Å². The molecule has 0 radical (unpaired) electrons. The van der Waals surface area contributed by atoms with Gasteiger partial charge in [0.25, 0.3) is 0 Å². The number of rotatable bonds is 4. The lowest BCUT2D eigenvalue weighted by atomic mass is 10.0. The normalized spacial score (nSPS) is 21.6. The second-order valence-electron chi connectivity index (χ2n) is 6.40. The lowest BCUT2D eigenvalue weighted by Gasteiger charge is -2.35. The smallest absolute Gasteiger partial charge is 0.237 e. The molecular formula is C17H28Cl2N4O. The van der Waals surface area contributed by atoms with Crippen LogP contribution in [0, 0.1) is 6.92 Å². The van der Waals surface area contributed by atoms with E-state index >= 15 is 0 Å². The molecular weight excluding hydrogens is 347 g/mol. The second kappa shape index (κ2) is 10.2. The maximum Gasteiger partial charge on any atom is 0.237 e. The first-order chi connectivity index (χ1) is 10.7. The van der Waals surface area contributed by atoms with Crippen molar-refractivity contribution in [3.8, 4) is 0 Å². The molecule has 2 saturated heterocycles. The van der Waals surface area contributed by atoms with E-state index < -0.39 is 0 Å². The minimum Gasteiger partial charge on any atom is -0.351 e.